The normalized spacial score (nSPS) is 11.8. The third-order valence-corrected chi connectivity index (χ3v) is 13.1. The van der Waals surface area contributed by atoms with Crippen LogP contribution in [0.15, 0.2) is 36.5 Å². The molecule has 0 aliphatic heterocycles. The van der Waals surface area contributed by atoms with Gasteiger partial charge in [-0.1, -0.05) is 276 Å². The molecule has 67 heavy (non-hydrogen) atoms. The number of esters is 3. The second-order valence-electron chi connectivity index (χ2n) is 19.9. The van der Waals surface area contributed by atoms with E-state index in [2.05, 4.69) is 57.2 Å². The molecule has 0 heterocycles. The average molecular weight is 942 g/mol. The van der Waals surface area contributed by atoms with Crippen LogP contribution >= 0.6 is 0 Å². The van der Waals surface area contributed by atoms with Crippen LogP contribution in [0, 0.1) is 0 Å². The molecule has 0 N–H and O–H groups in total. The van der Waals surface area contributed by atoms with Crippen LogP contribution in [-0.2, 0) is 28.6 Å². The van der Waals surface area contributed by atoms with Crippen LogP contribution in [0.2, 0.25) is 0 Å². The van der Waals surface area contributed by atoms with E-state index in [0.717, 1.165) is 64.2 Å². The van der Waals surface area contributed by atoms with Gasteiger partial charge in [-0.3, -0.25) is 14.4 Å². The van der Waals surface area contributed by atoms with Gasteiger partial charge in [0.2, 0.25) is 0 Å². The van der Waals surface area contributed by atoms with Crippen LogP contribution in [0.25, 0.3) is 0 Å². The first-order valence-electron chi connectivity index (χ1n) is 29.5. The van der Waals surface area contributed by atoms with Gasteiger partial charge in [0, 0.05) is 19.3 Å². The predicted octanol–water partition coefficient (Wildman–Crippen LogP) is 19.7. The molecule has 0 saturated carbocycles. The molecule has 0 unspecified atom stereocenters. The van der Waals surface area contributed by atoms with Crippen molar-refractivity contribution in [2.24, 2.45) is 0 Å². The Kier molecular flexibility index (Phi) is 54.2. The lowest BCUT2D eigenvalue weighted by Gasteiger charge is -2.18. The summed E-state index contributed by atoms with van der Waals surface area (Å²) in [4.78, 5) is 38.2. The van der Waals surface area contributed by atoms with Gasteiger partial charge < -0.3 is 14.2 Å². The van der Waals surface area contributed by atoms with Crippen LogP contribution in [0.5, 0.6) is 0 Å². The minimum atomic E-state index is -0.788. The SMILES string of the molecule is CCCCC/C=C\C/C=C\C/C=C\CCCCC(=O)OC(COC(=O)CCCCCCCCCCCCCCCCCCC)COC(=O)CCCCCCCCCCCCCCCCCCC. The number of carbonyl (C=O) groups is 3. The van der Waals surface area contributed by atoms with Crippen molar-refractivity contribution in [1.29, 1.82) is 0 Å². The molecule has 392 valence electrons. The van der Waals surface area contributed by atoms with Gasteiger partial charge in [0.1, 0.15) is 13.2 Å². The van der Waals surface area contributed by atoms with Crippen molar-refractivity contribution < 1.29 is 28.6 Å². The Balaban J connectivity index is 4.37. The van der Waals surface area contributed by atoms with Crippen LogP contribution in [0.4, 0.5) is 0 Å². The average Bonchev–Trinajstić information content (AvgIpc) is 3.33. The van der Waals surface area contributed by atoms with Crippen molar-refractivity contribution in [1.82, 2.24) is 0 Å². The lowest BCUT2D eigenvalue weighted by Crippen LogP contribution is -2.30. The smallest absolute Gasteiger partial charge is 0.306 e. The zero-order valence-corrected chi connectivity index (χ0v) is 44.9. The standard InChI is InChI=1S/C61H112O6/c1-4-7-10-13-16-19-22-25-28-30-33-35-38-41-44-47-50-53-59(62)65-56-58(67-61(64)55-52-49-46-43-40-37-32-27-24-21-18-15-12-9-6-3)57-66-60(63)54-51-48-45-42-39-36-34-31-29-26-23-20-17-14-11-8-5-2/h18,21,27,32,40,43,58H,4-17,19-20,22-26,28-31,33-39,41-42,44-57H2,1-3H3/b21-18-,32-27-,43-40-. The molecule has 0 aromatic heterocycles. The van der Waals surface area contributed by atoms with Crippen molar-refractivity contribution in [2.75, 3.05) is 13.2 Å². The molecule has 0 spiro atoms. The first kappa shape index (κ1) is 64.6. The van der Waals surface area contributed by atoms with Crippen LogP contribution in [0.3, 0.4) is 0 Å². The molecular formula is C61H112O6. The topological polar surface area (TPSA) is 78.9 Å². The third kappa shape index (κ3) is 54.4. The molecule has 0 aliphatic rings. The third-order valence-electron chi connectivity index (χ3n) is 13.1. The fourth-order valence-corrected chi connectivity index (χ4v) is 8.69. The summed E-state index contributed by atoms with van der Waals surface area (Å²) in [5, 5.41) is 0. The Morgan fingerprint density at radius 3 is 0.866 bits per heavy atom. The molecule has 0 saturated heterocycles. The predicted molar refractivity (Wildman–Crippen MR) is 289 cm³/mol. The van der Waals surface area contributed by atoms with Gasteiger partial charge in [0.15, 0.2) is 6.10 Å². The van der Waals surface area contributed by atoms with E-state index in [1.807, 2.05) is 0 Å². The summed E-state index contributed by atoms with van der Waals surface area (Å²) in [6.07, 6.45) is 67.1. The summed E-state index contributed by atoms with van der Waals surface area (Å²) in [6, 6.07) is 0. The summed E-state index contributed by atoms with van der Waals surface area (Å²) >= 11 is 0. The molecule has 0 aromatic rings. The van der Waals surface area contributed by atoms with E-state index in [9.17, 15) is 14.4 Å². The van der Waals surface area contributed by atoms with Gasteiger partial charge in [0.25, 0.3) is 0 Å². The van der Waals surface area contributed by atoms with Gasteiger partial charge in [-0.25, -0.2) is 0 Å². The molecule has 0 aliphatic carbocycles. The van der Waals surface area contributed by atoms with Crippen LogP contribution in [0.1, 0.15) is 316 Å². The van der Waals surface area contributed by atoms with Crippen molar-refractivity contribution in [3.63, 3.8) is 0 Å². The molecule has 0 radical (unpaired) electrons. The lowest BCUT2D eigenvalue weighted by molar-refractivity contribution is -0.167. The van der Waals surface area contributed by atoms with Crippen molar-refractivity contribution in [3.05, 3.63) is 36.5 Å². The minimum absolute atomic E-state index is 0.0825. The summed E-state index contributed by atoms with van der Waals surface area (Å²) in [7, 11) is 0. The van der Waals surface area contributed by atoms with Gasteiger partial charge >= 0.3 is 17.9 Å². The minimum Gasteiger partial charge on any atom is -0.462 e. The number of unbranched alkanes of at least 4 members (excludes halogenated alkanes) is 37. The Hall–Kier alpha value is -2.37. The summed E-state index contributed by atoms with van der Waals surface area (Å²) in [5.41, 5.74) is 0. The Bertz CT molecular complexity index is 1070. The fourth-order valence-electron chi connectivity index (χ4n) is 8.69. The van der Waals surface area contributed by atoms with Crippen molar-refractivity contribution in [3.8, 4) is 0 Å². The van der Waals surface area contributed by atoms with E-state index in [1.54, 1.807) is 0 Å². The number of hydrogen-bond acceptors (Lipinski definition) is 6. The molecule has 0 fully saturated rings. The van der Waals surface area contributed by atoms with E-state index in [-0.39, 0.29) is 37.5 Å². The molecule has 0 aromatic carbocycles. The Morgan fingerprint density at radius 2 is 0.537 bits per heavy atom. The van der Waals surface area contributed by atoms with Gasteiger partial charge in [-0.2, -0.15) is 0 Å². The van der Waals surface area contributed by atoms with Gasteiger partial charge in [-0.05, 0) is 57.8 Å². The molecule has 6 heteroatoms. The Labute approximate surface area is 416 Å². The molecule has 0 rings (SSSR count). The highest BCUT2D eigenvalue weighted by Crippen LogP contribution is 2.17. The number of ether oxygens (including phenoxy) is 3. The molecule has 0 bridgehead atoms. The maximum absolute atomic E-state index is 12.8. The summed E-state index contributed by atoms with van der Waals surface area (Å²) < 4.78 is 16.9. The maximum atomic E-state index is 12.8. The van der Waals surface area contributed by atoms with E-state index in [4.69, 9.17) is 14.2 Å². The van der Waals surface area contributed by atoms with Gasteiger partial charge in [0.05, 0.1) is 0 Å². The zero-order chi connectivity index (χ0) is 48.6. The second-order valence-corrected chi connectivity index (χ2v) is 19.9. The number of carbonyl (C=O) groups excluding carboxylic acids is 3. The summed E-state index contributed by atoms with van der Waals surface area (Å²) in [5.74, 6) is -0.900. The lowest BCUT2D eigenvalue weighted by atomic mass is 10.0. The molecule has 6 nitrogen and oxygen atoms in total. The summed E-state index contributed by atoms with van der Waals surface area (Å²) in [6.45, 7) is 6.63. The largest absolute Gasteiger partial charge is 0.462 e. The highest BCUT2D eigenvalue weighted by Gasteiger charge is 2.19. The quantitative estimate of drug-likeness (QED) is 0.0262. The zero-order valence-electron chi connectivity index (χ0n) is 44.9. The monoisotopic (exact) mass is 941 g/mol. The Morgan fingerprint density at radius 1 is 0.299 bits per heavy atom. The highest BCUT2D eigenvalue weighted by molar-refractivity contribution is 5.71. The number of hydrogen-bond donors (Lipinski definition) is 0. The van der Waals surface area contributed by atoms with E-state index in [0.29, 0.717) is 19.3 Å². The number of allylic oxidation sites excluding steroid dienone is 6. The highest BCUT2D eigenvalue weighted by atomic mass is 16.6. The van der Waals surface area contributed by atoms with E-state index in [1.165, 1.54) is 205 Å². The maximum Gasteiger partial charge on any atom is 0.306 e. The van der Waals surface area contributed by atoms with Gasteiger partial charge in [-0.15, -0.1) is 0 Å². The first-order valence-corrected chi connectivity index (χ1v) is 29.5. The van der Waals surface area contributed by atoms with Crippen molar-refractivity contribution in [2.45, 2.75) is 322 Å². The number of rotatable bonds is 54. The van der Waals surface area contributed by atoms with E-state index >= 15 is 0 Å². The van der Waals surface area contributed by atoms with Crippen LogP contribution in [-0.4, -0.2) is 37.2 Å². The van der Waals surface area contributed by atoms with E-state index < -0.39 is 6.10 Å². The first-order chi connectivity index (χ1) is 33.0. The molecule has 0 atom stereocenters. The molecule has 0 amide bonds. The van der Waals surface area contributed by atoms with Crippen LogP contribution < -0.4 is 0 Å². The van der Waals surface area contributed by atoms with Crippen molar-refractivity contribution >= 4 is 17.9 Å². The second kappa shape index (κ2) is 56.2. The fraction of sp³-hybridized carbons (Fsp3) is 0.852. The molecular weight excluding hydrogens is 829 g/mol.